The maximum Gasteiger partial charge on any atom is 0.253 e. The highest BCUT2D eigenvalue weighted by Gasteiger charge is 2.51. The van der Waals surface area contributed by atoms with Crippen LogP contribution in [-0.2, 0) is 32.5 Å². The van der Waals surface area contributed by atoms with E-state index in [9.17, 15) is 0 Å². The Morgan fingerprint density at radius 2 is 1.10 bits per heavy atom. The molecule has 3 heterocycles. The topological polar surface area (TPSA) is 6.48 Å². The number of rotatable bonds is 2. The summed E-state index contributed by atoms with van der Waals surface area (Å²) >= 11 is 2.10. The Hall–Kier alpha value is -3.76. The van der Waals surface area contributed by atoms with Crippen LogP contribution in [0.1, 0.15) is 166 Å². The molecule has 302 valence electrons. The third-order valence-electron chi connectivity index (χ3n) is 15.0. The van der Waals surface area contributed by atoms with Gasteiger partial charge in [0, 0.05) is 33.3 Å². The molecule has 0 saturated heterocycles. The van der Waals surface area contributed by atoms with Crippen LogP contribution in [0.25, 0.3) is 0 Å². The van der Waals surface area contributed by atoms with Gasteiger partial charge in [-0.25, -0.2) is 0 Å². The SMILES string of the molecule is Cc1cc2c3c(c1)N(c1ccc4c(c1)C(C)(C)CCC4(C)C)c1sc4c(c1B3c1ccc(C(C)(C)C)cc1N2c1ccc(C(C)(C)C)cc1C)C(C)(C)CCC4(C)C. The number of fused-ring (bicyclic) bond motifs is 7. The van der Waals surface area contributed by atoms with E-state index in [1.54, 1.807) is 15.9 Å². The lowest BCUT2D eigenvalue weighted by Gasteiger charge is -2.46. The van der Waals surface area contributed by atoms with Crippen LogP contribution in [0.15, 0.2) is 66.7 Å². The van der Waals surface area contributed by atoms with E-state index >= 15 is 0 Å². The zero-order chi connectivity index (χ0) is 41.9. The van der Waals surface area contributed by atoms with Crippen LogP contribution in [0.2, 0.25) is 0 Å². The van der Waals surface area contributed by atoms with Gasteiger partial charge in [-0.15, -0.1) is 11.3 Å². The van der Waals surface area contributed by atoms with Crippen molar-refractivity contribution >= 4 is 67.9 Å². The maximum atomic E-state index is 2.73. The zero-order valence-electron chi connectivity index (χ0n) is 38.6. The molecule has 0 radical (unpaired) electrons. The van der Waals surface area contributed by atoms with Gasteiger partial charge in [0.05, 0.1) is 5.00 Å². The first-order chi connectivity index (χ1) is 26.8. The highest BCUT2D eigenvalue weighted by molar-refractivity contribution is 7.20. The quantitative estimate of drug-likeness (QED) is 0.161. The monoisotopic (exact) mass is 787 g/mol. The summed E-state index contributed by atoms with van der Waals surface area (Å²) in [7, 11) is 0. The molecule has 0 unspecified atom stereocenters. The molecule has 0 amide bonds. The van der Waals surface area contributed by atoms with E-state index in [1.807, 2.05) is 0 Å². The highest BCUT2D eigenvalue weighted by Crippen LogP contribution is 2.56. The normalized spacial score (nSPS) is 19.6. The van der Waals surface area contributed by atoms with Gasteiger partial charge < -0.3 is 9.80 Å². The smallest absolute Gasteiger partial charge is 0.253 e. The number of nitrogens with zero attached hydrogens (tertiary/aromatic N) is 2. The van der Waals surface area contributed by atoms with Crippen molar-refractivity contribution in [1.82, 2.24) is 0 Å². The van der Waals surface area contributed by atoms with E-state index < -0.39 is 0 Å². The number of anilines is 6. The van der Waals surface area contributed by atoms with Gasteiger partial charge in [0.25, 0.3) is 6.71 Å². The molecule has 0 atom stereocenters. The van der Waals surface area contributed by atoms with Crippen LogP contribution in [0.3, 0.4) is 0 Å². The second kappa shape index (κ2) is 12.4. The molecule has 0 spiro atoms. The predicted octanol–water partition coefficient (Wildman–Crippen LogP) is 13.7. The molecule has 1 aromatic heterocycles. The van der Waals surface area contributed by atoms with Crippen molar-refractivity contribution in [3.63, 3.8) is 0 Å². The Kier molecular flexibility index (Phi) is 8.49. The van der Waals surface area contributed by atoms with E-state index in [0.29, 0.717) is 0 Å². The summed E-state index contributed by atoms with van der Waals surface area (Å²) in [6.45, 7) is 38.8. The minimum absolute atomic E-state index is 0.0146. The summed E-state index contributed by atoms with van der Waals surface area (Å²) in [5.74, 6) is 0. The van der Waals surface area contributed by atoms with Gasteiger partial charge >= 0.3 is 0 Å². The third kappa shape index (κ3) is 5.84. The standard InChI is InChI=1S/C54H67BN2S/c1-32-27-42-45-43(28-32)57(40-22-18-34(29-33(40)2)49(3,4)5)41-30-35(50(6,7)8)17-21-39(41)55(45)46-44-47(54(15,16)26-25-53(44,13)14)58-48(46)56(42)36-19-20-37-38(31-36)52(11,12)24-23-51(37,9)10/h17-22,27-31H,23-26H2,1-16H3. The van der Waals surface area contributed by atoms with Crippen LogP contribution < -0.4 is 26.2 Å². The number of benzene rings is 4. The minimum Gasteiger partial charge on any atom is -0.311 e. The largest absolute Gasteiger partial charge is 0.311 e. The second-order valence-electron chi connectivity index (χ2n) is 23.4. The third-order valence-corrected chi connectivity index (χ3v) is 16.5. The Morgan fingerprint density at radius 1 is 0.534 bits per heavy atom. The molecule has 0 fully saturated rings. The van der Waals surface area contributed by atoms with Gasteiger partial charge in [0.2, 0.25) is 0 Å². The highest BCUT2D eigenvalue weighted by atomic mass is 32.1. The Balaban J connectivity index is 1.41. The van der Waals surface area contributed by atoms with Gasteiger partial charge in [-0.1, -0.05) is 127 Å². The van der Waals surface area contributed by atoms with Gasteiger partial charge in [-0.05, 0) is 164 Å². The number of hydrogen-bond acceptors (Lipinski definition) is 3. The van der Waals surface area contributed by atoms with E-state index in [2.05, 4.69) is 199 Å². The molecule has 0 bridgehead atoms. The van der Waals surface area contributed by atoms with Crippen LogP contribution in [0.4, 0.5) is 33.4 Å². The predicted molar refractivity (Wildman–Crippen MR) is 256 cm³/mol. The molecule has 9 rings (SSSR count). The van der Waals surface area contributed by atoms with Crippen molar-refractivity contribution in [2.45, 2.75) is 169 Å². The number of aryl methyl sites for hydroxylation is 2. The van der Waals surface area contributed by atoms with Crippen molar-refractivity contribution in [2.75, 3.05) is 9.80 Å². The summed E-state index contributed by atoms with van der Waals surface area (Å²) in [6.07, 6.45) is 4.83. The first-order valence-corrected chi connectivity index (χ1v) is 23.0. The van der Waals surface area contributed by atoms with Crippen molar-refractivity contribution in [1.29, 1.82) is 0 Å². The molecule has 0 N–H and O–H groups in total. The fourth-order valence-corrected chi connectivity index (χ4v) is 12.7. The molecule has 4 aliphatic rings. The summed E-state index contributed by atoms with van der Waals surface area (Å²) in [5, 5.41) is 1.43. The Morgan fingerprint density at radius 3 is 1.74 bits per heavy atom. The molecule has 2 aliphatic heterocycles. The molecular weight excluding hydrogens is 719 g/mol. The zero-order valence-corrected chi connectivity index (χ0v) is 39.4. The molecule has 2 aliphatic carbocycles. The number of thiophene rings is 1. The lowest BCUT2D eigenvalue weighted by molar-refractivity contribution is 0.332. The molecule has 4 aromatic carbocycles. The molecule has 2 nitrogen and oxygen atoms in total. The summed E-state index contributed by atoms with van der Waals surface area (Å²) < 4.78 is 0. The van der Waals surface area contributed by atoms with Crippen LogP contribution in [-0.4, -0.2) is 6.71 Å². The van der Waals surface area contributed by atoms with Gasteiger partial charge in [0.15, 0.2) is 0 Å². The Bertz CT molecular complexity index is 2530. The first-order valence-electron chi connectivity index (χ1n) is 22.1. The summed E-state index contributed by atoms with van der Waals surface area (Å²) in [4.78, 5) is 6.98. The van der Waals surface area contributed by atoms with E-state index in [0.717, 1.165) is 0 Å². The first kappa shape index (κ1) is 39.7. The van der Waals surface area contributed by atoms with Crippen molar-refractivity contribution < 1.29 is 0 Å². The van der Waals surface area contributed by atoms with Gasteiger partial charge in [-0.3, -0.25) is 0 Å². The van der Waals surface area contributed by atoms with Crippen molar-refractivity contribution in [3.05, 3.63) is 111 Å². The van der Waals surface area contributed by atoms with Crippen LogP contribution in [0, 0.1) is 13.8 Å². The van der Waals surface area contributed by atoms with E-state index in [1.165, 1.54) is 103 Å². The van der Waals surface area contributed by atoms with Crippen LogP contribution in [0.5, 0.6) is 0 Å². The average molecular weight is 787 g/mol. The molecular formula is C54H67BN2S. The fourth-order valence-electron chi connectivity index (χ4n) is 11.1. The van der Waals surface area contributed by atoms with Crippen LogP contribution >= 0.6 is 11.3 Å². The van der Waals surface area contributed by atoms with Gasteiger partial charge in [-0.2, -0.15) is 0 Å². The molecule has 5 aromatic rings. The van der Waals surface area contributed by atoms with Gasteiger partial charge in [0.1, 0.15) is 0 Å². The lowest BCUT2D eigenvalue weighted by Crippen LogP contribution is -2.62. The van der Waals surface area contributed by atoms with Crippen molar-refractivity contribution in [2.24, 2.45) is 0 Å². The average Bonchev–Trinajstić information content (AvgIpc) is 3.54. The molecule has 0 saturated carbocycles. The maximum absolute atomic E-state index is 2.73. The lowest BCUT2D eigenvalue weighted by atomic mass is 9.32. The number of hydrogen-bond donors (Lipinski definition) is 0. The minimum atomic E-state index is 0.0146. The van der Waals surface area contributed by atoms with E-state index in [4.69, 9.17) is 0 Å². The second-order valence-corrected chi connectivity index (χ2v) is 24.4. The molecule has 58 heavy (non-hydrogen) atoms. The summed E-state index contributed by atoms with van der Waals surface area (Å²) in [6, 6.07) is 27.3. The Labute approximate surface area is 355 Å². The van der Waals surface area contributed by atoms with Crippen molar-refractivity contribution in [3.8, 4) is 0 Å². The summed E-state index contributed by atoms with van der Waals surface area (Å²) in [5.41, 5.74) is 21.6. The molecule has 4 heteroatoms. The van der Waals surface area contributed by atoms with E-state index in [-0.39, 0.29) is 39.2 Å². The fraction of sp³-hybridized carbons (Fsp3) is 0.481.